The van der Waals surface area contributed by atoms with E-state index in [2.05, 4.69) is 25.7 Å². The Bertz CT molecular complexity index is 129. The SMILES string of the molecule is CC(C)(C)[C@H]1CC[C@H](OO)CC1. The van der Waals surface area contributed by atoms with Crippen LogP contribution in [-0.2, 0) is 4.89 Å². The van der Waals surface area contributed by atoms with Crippen LogP contribution in [0.25, 0.3) is 0 Å². The average Bonchev–Trinajstić information content (AvgIpc) is 2.03. The van der Waals surface area contributed by atoms with E-state index in [-0.39, 0.29) is 6.10 Å². The lowest BCUT2D eigenvalue weighted by Gasteiger charge is -2.35. The molecule has 0 unspecified atom stereocenters. The van der Waals surface area contributed by atoms with Crippen molar-refractivity contribution < 1.29 is 10.1 Å². The van der Waals surface area contributed by atoms with E-state index in [1.54, 1.807) is 0 Å². The minimum atomic E-state index is 0.101. The second-order valence-electron chi connectivity index (χ2n) is 4.95. The highest BCUT2D eigenvalue weighted by molar-refractivity contribution is 4.80. The molecule has 2 heteroatoms. The van der Waals surface area contributed by atoms with Gasteiger partial charge in [-0.25, -0.2) is 4.89 Å². The Hall–Kier alpha value is -0.0800. The molecule has 0 heterocycles. The summed E-state index contributed by atoms with van der Waals surface area (Å²) < 4.78 is 0. The van der Waals surface area contributed by atoms with E-state index in [4.69, 9.17) is 5.26 Å². The van der Waals surface area contributed by atoms with Crippen LogP contribution in [0.2, 0.25) is 0 Å². The summed E-state index contributed by atoms with van der Waals surface area (Å²) in [6.45, 7) is 6.87. The maximum Gasteiger partial charge on any atom is 0.0927 e. The van der Waals surface area contributed by atoms with Crippen molar-refractivity contribution in [2.45, 2.75) is 52.6 Å². The molecule has 1 rings (SSSR count). The third-order valence-electron chi connectivity index (χ3n) is 3.05. The van der Waals surface area contributed by atoms with Crippen LogP contribution in [0.15, 0.2) is 0 Å². The minimum absolute atomic E-state index is 0.101. The van der Waals surface area contributed by atoms with Crippen molar-refractivity contribution in [1.29, 1.82) is 0 Å². The molecule has 0 bridgehead atoms. The van der Waals surface area contributed by atoms with E-state index in [0.717, 1.165) is 18.8 Å². The Kier molecular flexibility index (Phi) is 3.13. The topological polar surface area (TPSA) is 29.5 Å². The first kappa shape index (κ1) is 10.0. The molecule has 1 saturated carbocycles. The molecule has 2 nitrogen and oxygen atoms in total. The fraction of sp³-hybridized carbons (Fsp3) is 1.00. The van der Waals surface area contributed by atoms with Gasteiger partial charge in [0.05, 0.1) is 6.10 Å². The molecule has 1 aliphatic rings. The summed E-state index contributed by atoms with van der Waals surface area (Å²) >= 11 is 0. The predicted molar refractivity (Wildman–Crippen MR) is 48.9 cm³/mol. The molecule has 0 spiro atoms. The maximum atomic E-state index is 8.48. The van der Waals surface area contributed by atoms with Crippen molar-refractivity contribution in [1.82, 2.24) is 0 Å². The Morgan fingerprint density at radius 3 is 1.92 bits per heavy atom. The van der Waals surface area contributed by atoms with Crippen LogP contribution in [0.3, 0.4) is 0 Å². The van der Waals surface area contributed by atoms with E-state index >= 15 is 0 Å². The second-order valence-corrected chi connectivity index (χ2v) is 4.95. The Morgan fingerprint density at radius 1 is 1.08 bits per heavy atom. The summed E-state index contributed by atoms with van der Waals surface area (Å²) in [4.78, 5) is 4.35. The van der Waals surface area contributed by atoms with Gasteiger partial charge in [0.2, 0.25) is 0 Å². The quantitative estimate of drug-likeness (QED) is 0.486. The molecule has 0 atom stereocenters. The van der Waals surface area contributed by atoms with Crippen LogP contribution in [-0.4, -0.2) is 11.4 Å². The van der Waals surface area contributed by atoms with E-state index in [1.807, 2.05) is 0 Å². The molecular formula is C10H20O2. The van der Waals surface area contributed by atoms with Crippen LogP contribution in [0.5, 0.6) is 0 Å². The highest BCUT2D eigenvalue weighted by Crippen LogP contribution is 2.38. The summed E-state index contributed by atoms with van der Waals surface area (Å²) in [5.74, 6) is 0.795. The zero-order valence-electron chi connectivity index (χ0n) is 8.34. The first-order chi connectivity index (χ1) is 5.54. The van der Waals surface area contributed by atoms with Gasteiger partial charge in [0.15, 0.2) is 0 Å². The normalized spacial score (nSPS) is 32.0. The smallest absolute Gasteiger partial charge is 0.0927 e. The zero-order chi connectivity index (χ0) is 9.19. The molecule has 1 fully saturated rings. The standard InChI is InChI=1S/C10H20O2/c1-10(2,3)8-4-6-9(12-11)7-5-8/h8-9,11H,4-7H2,1-3H3/t8-,9-. The van der Waals surface area contributed by atoms with Crippen molar-refractivity contribution >= 4 is 0 Å². The summed E-state index contributed by atoms with van der Waals surface area (Å²) in [6, 6.07) is 0. The minimum Gasteiger partial charge on any atom is -0.252 e. The zero-order valence-corrected chi connectivity index (χ0v) is 8.34. The van der Waals surface area contributed by atoms with Gasteiger partial charge in [0, 0.05) is 0 Å². The molecule has 12 heavy (non-hydrogen) atoms. The number of hydrogen-bond donors (Lipinski definition) is 1. The third kappa shape index (κ3) is 2.46. The molecule has 72 valence electrons. The van der Waals surface area contributed by atoms with E-state index < -0.39 is 0 Å². The van der Waals surface area contributed by atoms with Gasteiger partial charge in [0.1, 0.15) is 0 Å². The molecule has 0 saturated heterocycles. The molecule has 0 amide bonds. The van der Waals surface area contributed by atoms with E-state index in [0.29, 0.717) is 5.41 Å². The largest absolute Gasteiger partial charge is 0.252 e. The van der Waals surface area contributed by atoms with E-state index in [9.17, 15) is 0 Å². The van der Waals surface area contributed by atoms with Crippen LogP contribution in [0.4, 0.5) is 0 Å². The van der Waals surface area contributed by atoms with Crippen LogP contribution in [0.1, 0.15) is 46.5 Å². The molecule has 1 aliphatic carbocycles. The maximum absolute atomic E-state index is 8.48. The fourth-order valence-corrected chi connectivity index (χ4v) is 2.03. The van der Waals surface area contributed by atoms with Crippen LogP contribution in [0, 0.1) is 11.3 Å². The molecule has 0 aliphatic heterocycles. The fourth-order valence-electron chi connectivity index (χ4n) is 2.03. The van der Waals surface area contributed by atoms with Gasteiger partial charge in [-0.3, -0.25) is 5.26 Å². The Balaban J connectivity index is 2.36. The van der Waals surface area contributed by atoms with Gasteiger partial charge in [0.25, 0.3) is 0 Å². The molecule has 1 N–H and O–H groups in total. The Morgan fingerprint density at radius 2 is 1.58 bits per heavy atom. The number of hydrogen-bond acceptors (Lipinski definition) is 2. The lowest BCUT2D eigenvalue weighted by molar-refractivity contribution is -0.286. The monoisotopic (exact) mass is 172 g/mol. The highest BCUT2D eigenvalue weighted by Gasteiger charge is 2.29. The highest BCUT2D eigenvalue weighted by atomic mass is 17.1. The molecule has 0 aromatic carbocycles. The summed E-state index contributed by atoms with van der Waals surface area (Å²) in [6.07, 6.45) is 4.50. The van der Waals surface area contributed by atoms with Gasteiger partial charge < -0.3 is 0 Å². The van der Waals surface area contributed by atoms with Crippen molar-refractivity contribution in [3.63, 3.8) is 0 Å². The van der Waals surface area contributed by atoms with Crippen LogP contribution < -0.4 is 0 Å². The van der Waals surface area contributed by atoms with Crippen molar-refractivity contribution in [2.75, 3.05) is 0 Å². The molecule has 0 aromatic heterocycles. The van der Waals surface area contributed by atoms with Gasteiger partial charge in [-0.1, -0.05) is 20.8 Å². The van der Waals surface area contributed by atoms with Gasteiger partial charge in [-0.05, 0) is 37.0 Å². The molecule has 0 radical (unpaired) electrons. The average molecular weight is 172 g/mol. The van der Waals surface area contributed by atoms with Gasteiger partial charge in [-0.15, -0.1) is 0 Å². The van der Waals surface area contributed by atoms with Crippen molar-refractivity contribution in [3.8, 4) is 0 Å². The summed E-state index contributed by atoms with van der Waals surface area (Å²) in [7, 11) is 0. The van der Waals surface area contributed by atoms with Crippen molar-refractivity contribution in [3.05, 3.63) is 0 Å². The van der Waals surface area contributed by atoms with Crippen molar-refractivity contribution in [2.24, 2.45) is 11.3 Å². The van der Waals surface area contributed by atoms with Crippen LogP contribution >= 0.6 is 0 Å². The number of rotatable bonds is 1. The third-order valence-corrected chi connectivity index (χ3v) is 3.05. The first-order valence-corrected chi connectivity index (χ1v) is 4.84. The van der Waals surface area contributed by atoms with Gasteiger partial charge in [-0.2, -0.15) is 0 Å². The lowest BCUT2D eigenvalue weighted by Crippen LogP contribution is -2.28. The first-order valence-electron chi connectivity index (χ1n) is 4.84. The predicted octanol–water partition coefficient (Wildman–Crippen LogP) is 3.08. The summed E-state index contributed by atoms with van der Waals surface area (Å²) in [5.41, 5.74) is 0.417. The van der Waals surface area contributed by atoms with E-state index in [1.165, 1.54) is 12.8 Å². The van der Waals surface area contributed by atoms with Gasteiger partial charge >= 0.3 is 0 Å². The molecular weight excluding hydrogens is 152 g/mol. The second kappa shape index (κ2) is 3.75. The molecule has 0 aromatic rings. The summed E-state index contributed by atoms with van der Waals surface area (Å²) in [5, 5.41) is 8.48. The lowest BCUT2D eigenvalue weighted by atomic mass is 9.72. The Labute approximate surface area is 74.9 Å².